The Balaban J connectivity index is 1.81. The number of para-hydroxylation sites is 1. The van der Waals surface area contributed by atoms with Crippen LogP contribution in [0.3, 0.4) is 0 Å². The molecule has 0 aliphatic rings. The van der Waals surface area contributed by atoms with E-state index in [2.05, 4.69) is 22.0 Å². The molecule has 0 N–H and O–H groups in total. The molecular formula is C28H28BrNO5. The van der Waals surface area contributed by atoms with E-state index >= 15 is 0 Å². The highest BCUT2D eigenvalue weighted by molar-refractivity contribution is 9.10. The van der Waals surface area contributed by atoms with E-state index < -0.39 is 0 Å². The summed E-state index contributed by atoms with van der Waals surface area (Å²) in [7, 11) is 3.14. The number of nitriles is 1. The van der Waals surface area contributed by atoms with Crippen LogP contribution in [0.4, 0.5) is 0 Å². The van der Waals surface area contributed by atoms with Gasteiger partial charge in [-0.05, 0) is 88.9 Å². The van der Waals surface area contributed by atoms with Crippen LogP contribution in [0.25, 0.3) is 11.6 Å². The molecule has 0 aliphatic carbocycles. The minimum atomic E-state index is 0.345. The van der Waals surface area contributed by atoms with Crippen LogP contribution in [0, 0.1) is 18.3 Å². The first-order valence-corrected chi connectivity index (χ1v) is 11.9. The van der Waals surface area contributed by atoms with Crippen molar-refractivity contribution >= 4 is 27.6 Å². The summed E-state index contributed by atoms with van der Waals surface area (Å²) in [6.07, 6.45) is 1.79. The molecule has 6 nitrogen and oxygen atoms in total. The third-order valence-electron chi connectivity index (χ3n) is 5.14. The number of ether oxygens (including phenoxy) is 5. The van der Waals surface area contributed by atoms with Crippen molar-refractivity contribution in [1.29, 1.82) is 5.26 Å². The van der Waals surface area contributed by atoms with E-state index in [1.165, 1.54) is 0 Å². The third-order valence-corrected chi connectivity index (χ3v) is 5.73. The maximum Gasteiger partial charge on any atom is 0.175 e. The number of halogens is 1. The van der Waals surface area contributed by atoms with Gasteiger partial charge in [-0.3, -0.25) is 0 Å². The van der Waals surface area contributed by atoms with Gasteiger partial charge in [0.1, 0.15) is 19.0 Å². The lowest BCUT2D eigenvalue weighted by Crippen LogP contribution is -2.10. The standard InChI is InChI=1S/C28H28BrNO5/c1-5-33-27-16-20(14-22(18-30)21-10-11-25(31-3)26(17-21)32-4)15-23(29)28(27)35-13-12-34-24-9-7-6-8-19(24)2/h6-11,14-17H,5,12-13H2,1-4H3. The first-order valence-electron chi connectivity index (χ1n) is 11.1. The van der Waals surface area contributed by atoms with Crippen molar-refractivity contribution < 1.29 is 23.7 Å². The van der Waals surface area contributed by atoms with E-state index in [1.807, 2.05) is 56.3 Å². The van der Waals surface area contributed by atoms with Crippen molar-refractivity contribution in [3.05, 3.63) is 75.8 Å². The number of allylic oxidation sites excluding steroid dienone is 1. The number of hydrogen-bond acceptors (Lipinski definition) is 6. The van der Waals surface area contributed by atoms with Crippen LogP contribution in [0.15, 0.2) is 59.1 Å². The summed E-state index contributed by atoms with van der Waals surface area (Å²) in [5.74, 6) is 3.15. The Hall–Kier alpha value is -3.63. The van der Waals surface area contributed by atoms with E-state index in [-0.39, 0.29) is 0 Å². The molecule has 0 amide bonds. The predicted molar refractivity (Wildman–Crippen MR) is 141 cm³/mol. The predicted octanol–water partition coefficient (Wildman–Crippen LogP) is 6.70. The van der Waals surface area contributed by atoms with Gasteiger partial charge in [-0.15, -0.1) is 0 Å². The molecule has 3 aromatic rings. The molecule has 182 valence electrons. The Morgan fingerprint density at radius 1 is 0.886 bits per heavy atom. The molecule has 3 aromatic carbocycles. The van der Waals surface area contributed by atoms with Gasteiger partial charge in [0.15, 0.2) is 23.0 Å². The summed E-state index contributed by atoms with van der Waals surface area (Å²) < 4.78 is 29.0. The second-order valence-corrected chi connectivity index (χ2v) is 8.32. The lowest BCUT2D eigenvalue weighted by molar-refractivity contribution is 0.207. The lowest BCUT2D eigenvalue weighted by atomic mass is 10.0. The van der Waals surface area contributed by atoms with E-state index in [0.29, 0.717) is 54.0 Å². The number of benzene rings is 3. The lowest BCUT2D eigenvalue weighted by Gasteiger charge is -2.16. The van der Waals surface area contributed by atoms with Crippen LogP contribution < -0.4 is 23.7 Å². The molecule has 3 rings (SSSR count). The largest absolute Gasteiger partial charge is 0.493 e. The van der Waals surface area contributed by atoms with Gasteiger partial charge in [-0.25, -0.2) is 0 Å². The van der Waals surface area contributed by atoms with Gasteiger partial charge in [0.2, 0.25) is 0 Å². The van der Waals surface area contributed by atoms with E-state index in [4.69, 9.17) is 23.7 Å². The van der Waals surface area contributed by atoms with Gasteiger partial charge in [-0.1, -0.05) is 18.2 Å². The summed E-state index contributed by atoms with van der Waals surface area (Å²) in [5, 5.41) is 9.81. The van der Waals surface area contributed by atoms with Crippen LogP contribution in [-0.4, -0.2) is 34.0 Å². The van der Waals surface area contributed by atoms with Gasteiger partial charge >= 0.3 is 0 Å². The maximum absolute atomic E-state index is 9.81. The highest BCUT2D eigenvalue weighted by atomic mass is 79.9. The molecule has 0 aromatic heterocycles. The Labute approximate surface area is 214 Å². The summed E-state index contributed by atoms with van der Waals surface area (Å²) in [6.45, 7) is 5.12. The van der Waals surface area contributed by atoms with Crippen LogP contribution >= 0.6 is 15.9 Å². The number of aryl methyl sites for hydroxylation is 1. The fourth-order valence-corrected chi connectivity index (χ4v) is 4.01. The first-order chi connectivity index (χ1) is 17.0. The number of nitrogens with zero attached hydrogens (tertiary/aromatic N) is 1. The Morgan fingerprint density at radius 2 is 1.63 bits per heavy atom. The van der Waals surface area contributed by atoms with E-state index in [0.717, 1.165) is 21.3 Å². The number of hydrogen-bond donors (Lipinski definition) is 0. The quantitative estimate of drug-likeness (QED) is 0.154. The maximum atomic E-state index is 9.81. The zero-order valence-corrected chi connectivity index (χ0v) is 21.8. The molecule has 0 saturated heterocycles. The molecule has 0 aliphatic heterocycles. The van der Waals surface area contributed by atoms with Crippen molar-refractivity contribution in [3.8, 4) is 34.8 Å². The number of rotatable bonds is 11. The van der Waals surface area contributed by atoms with Crippen molar-refractivity contribution in [3.63, 3.8) is 0 Å². The normalized spacial score (nSPS) is 10.9. The Bertz CT molecular complexity index is 1230. The summed E-state index contributed by atoms with van der Waals surface area (Å²) >= 11 is 3.59. The van der Waals surface area contributed by atoms with Crippen LogP contribution in [-0.2, 0) is 0 Å². The molecule has 0 heterocycles. The molecule has 0 atom stereocenters. The minimum Gasteiger partial charge on any atom is -0.493 e. The third kappa shape index (κ3) is 6.71. The fraction of sp³-hybridized carbons (Fsp3) is 0.250. The first kappa shape index (κ1) is 26.0. The molecule has 0 fully saturated rings. The van der Waals surface area contributed by atoms with Gasteiger partial charge in [0, 0.05) is 0 Å². The topological polar surface area (TPSA) is 69.9 Å². The smallest absolute Gasteiger partial charge is 0.175 e. The second-order valence-electron chi connectivity index (χ2n) is 7.46. The highest BCUT2D eigenvalue weighted by Gasteiger charge is 2.14. The Kier molecular flexibility index (Phi) is 9.45. The molecule has 0 bridgehead atoms. The Morgan fingerprint density at radius 3 is 2.31 bits per heavy atom. The van der Waals surface area contributed by atoms with Crippen molar-refractivity contribution in [1.82, 2.24) is 0 Å². The molecule has 0 radical (unpaired) electrons. The van der Waals surface area contributed by atoms with Crippen molar-refractivity contribution in [2.45, 2.75) is 13.8 Å². The average molecular weight is 538 g/mol. The van der Waals surface area contributed by atoms with E-state index in [9.17, 15) is 5.26 Å². The zero-order valence-electron chi connectivity index (χ0n) is 20.3. The van der Waals surface area contributed by atoms with Crippen LogP contribution in [0.5, 0.6) is 28.7 Å². The molecular weight excluding hydrogens is 510 g/mol. The van der Waals surface area contributed by atoms with Gasteiger partial charge in [0.25, 0.3) is 0 Å². The van der Waals surface area contributed by atoms with Crippen LogP contribution in [0.1, 0.15) is 23.6 Å². The average Bonchev–Trinajstić information content (AvgIpc) is 2.87. The fourth-order valence-electron chi connectivity index (χ4n) is 3.44. The molecule has 0 saturated carbocycles. The van der Waals surface area contributed by atoms with E-state index in [1.54, 1.807) is 32.4 Å². The van der Waals surface area contributed by atoms with Gasteiger partial charge < -0.3 is 23.7 Å². The van der Waals surface area contributed by atoms with Crippen molar-refractivity contribution in [2.75, 3.05) is 34.0 Å². The van der Waals surface area contributed by atoms with Crippen LogP contribution in [0.2, 0.25) is 0 Å². The van der Waals surface area contributed by atoms with Gasteiger partial charge in [-0.2, -0.15) is 5.26 Å². The summed E-state index contributed by atoms with van der Waals surface area (Å²) in [5.41, 5.74) is 3.05. The zero-order chi connectivity index (χ0) is 25.2. The van der Waals surface area contributed by atoms with Gasteiger partial charge in [0.05, 0.1) is 36.9 Å². The number of methoxy groups -OCH3 is 2. The molecule has 0 unspecified atom stereocenters. The summed E-state index contributed by atoms with van der Waals surface area (Å²) in [6, 6.07) is 19.2. The highest BCUT2D eigenvalue weighted by Crippen LogP contribution is 2.38. The minimum absolute atomic E-state index is 0.345. The molecule has 7 heteroatoms. The molecule has 0 spiro atoms. The molecule has 35 heavy (non-hydrogen) atoms. The SMILES string of the molecule is CCOc1cc(C=C(C#N)c2ccc(OC)c(OC)c2)cc(Br)c1OCCOc1ccccc1C. The monoisotopic (exact) mass is 537 g/mol. The second kappa shape index (κ2) is 12.7. The van der Waals surface area contributed by atoms with Crippen molar-refractivity contribution in [2.24, 2.45) is 0 Å². The summed E-state index contributed by atoms with van der Waals surface area (Å²) in [4.78, 5) is 0.